The molecular formula is C12H16F2N2O3S. The number of aliphatic hydroxyl groups excluding tert-OH is 1. The van der Waals surface area contributed by atoms with E-state index < -0.39 is 26.6 Å². The first-order valence-corrected chi connectivity index (χ1v) is 7.65. The van der Waals surface area contributed by atoms with Gasteiger partial charge in [0.2, 0.25) is 10.0 Å². The summed E-state index contributed by atoms with van der Waals surface area (Å²) in [5.41, 5.74) is 5.22. The maximum Gasteiger partial charge on any atom is 0.246 e. The van der Waals surface area contributed by atoms with Gasteiger partial charge >= 0.3 is 0 Å². The van der Waals surface area contributed by atoms with Crippen LogP contribution in [0.4, 0.5) is 14.5 Å². The van der Waals surface area contributed by atoms with Crippen LogP contribution in [0.3, 0.4) is 0 Å². The lowest BCUT2D eigenvalue weighted by atomic mass is 10.0. The van der Waals surface area contributed by atoms with Crippen molar-refractivity contribution in [2.24, 2.45) is 5.92 Å². The van der Waals surface area contributed by atoms with Crippen LogP contribution >= 0.6 is 0 Å². The van der Waals surface area contributed by atoms with E-state index in [2.05, 4.69) is 0 Å². The normalized spacial score (nSPS) is 21.1. The van der Waals surface area contributed by atoms with Crippen LogP contribution in [0.5, 0.6) is 0 Å². The van der Waals surface area contributed by atoms with Gasteiger partial charge in [-0.3, -0.25) is 0 Å². The Balaban J connectivity index is 2.40. The lowest BCUT2D eigenvalue weighted by Crippen LogP contribution is -2.41. The average molecular weight is 306 g/mol. The molecule has 2 rings (SSSR count). The van der Waals surface area contributed by atoms with E-state index in [1.54, 1.807) is 0 Å². The highest BCUT2D eigenvalue weighted by atomic mass is 32.2. The number of nitrogens with zero attached hydrogens (tertiary/aromatic N) is 1. The number of nitrogen functional groups attached to an aromatic ring is 1. The van der Waals surface area contributed by atoms with Crippen LogP contribution in [-0.4, -0.2) is 37.5 Å². The number of nitrogens with two attached hydrogens (primary N) is 1. The molecule has 112 valence electrons. The van der Waals surface area contributed by atoms with Gasteiger partial charge in [-0.1, -0.05) is 0 Å². The lowest BCUT2D eigenvalue weighted by molar-refractivity contribution is 0.165. The number of anilines is 1. The van der Waals surface area contributed by atoms with Crippen LogP contribution < -0.4 is 5.73 Å². The Labute approximate surface area is 116 Å². The third kappa shape index (κ3) is 2.77. The summed E-state index contributed by atoms with van der Waals surface area (Å²) in [7, 11) is -4.15. The quantitative estimate of drug-likeness (QED) is 0.814. The van der Waals surface area contributed by atoms with Crippen molar-refractivity contribution in [1.82, 2.24) is 4.31 Å². The predicted molar refractivity (Wildman–Crippen MR) is 69.3 cm³/mol. The molecule has 0 bridgehead atoms. The van der Waals surface area contributed by atoms with Gasteiger partial charge in [0.1, 0.15) is 4.90 Å². The van der Waals surface area contributed by atoms with Crippen LogP contribution in [0, 0.1) is 17.6 Å². The lowest BCUT2D eigenvalue weighted by Gasteiger charge is -2.31. The van der Waals surface area contributed by atoms with E-state index in [0.717, 1.165) is 16.4 Å². The van der Waals surface area contributed by atoms with Gasteiger partial charge in [-0.2, -0.15) is 4.31 Å². The molecule has 0 aromatic heterocycles. The molecule has 5 nitrogen and oxygen atoms in total. The monoisotopic (exact) mass is 306 g/mol. The van der Waals surface area contributed by atoms with Crippen LogP contribution in [0.25, 0.3) is 0 Å². The average Bonchev–Trinajstić information content (AvgIpc) is 2.42. The second kappa shape index (κ2) is 5.63. The fourth-order valence-corrected chi connectivity index (χ4v) is 3.97. The van der Waals surface area contributed by atoms with E-state index in [-0.39, 0.29) is 31.3 Å². The van der Waals surface area contributed by atoms with Crippen molar-refractivity contribution in [1.29, 1.82) is 0 Å². The Bertz CT molecular complexity index is 607. The van der Waals surface area contributed by atoms with E-state index in [1.165, 1.54) is 0 Å². The van der Waals surface area contributed by atoms with E-state index in [0.29, 0.717) is 12.8 Å². The van der Waals surface area contributed by atoms with E-state index in [4.69, 9.17) is 10.8 Å². The van der Waals surface area contributed by atoms with Crippen LogP contribution in [0.2, 0.25) is 0 Å². The number of rotatable bonds is 3. The molecule has 0 radical (unpaired) electrons. The molecule has 8 heteroatoms. The van der Waals surface area contributed by atoms with Crippen molar-refractivity contribution in [3.8, 4) is 0 Å². The third-order valence-corrected chi connectivity index (χ3v) is 5.24. The Morgan fingerprint density at radius 1 is 1.40 bits per heavy atom. The van der Waals surface area contributed by atoms with E-state index in [1.807, 2.05) is 0 Å². The van der Waals surface area contributed by atoms with Crippen molar-refractivity contribution in [3.05, 3.63) is 23.8 Å². The topological polar surface area (TPSA) is 83.6 Å². The molecule has 20 heavy (non-hydrogen) atoms. The van der Waals surface area contributed by atoms with Gasteiger partial charge in [0, 0.05) is 25.4 Å². The van der Waals surface area contributed by atoms with E-state index >= 15 is 0 Å². The Hall–Kier alpha value is -1.25. The molecule has 1 unspecified atom stereocenters. The molecule has 0 saturated carbocycles. The van der Waals surface area contributed by atoms with Crippen molar-refractivity contribution in [3.63, 3.8) is 0 Å². The van der Waals surface area contributed by atoms with Crippen LogP contribution in [0.1, 0.15) is 12.8 Å². The first-order chi connectivity index (χ1) is 9.36. The highest BCUT2D eigenvalue weighted by Crippen LogP contribution is 2.27. The third-order valence-electron chi connectivity index (χ3n) is 3.37. The standard InChI is InChI=1S/C12H16F2N2O3S/c13-10-4-9(15)5-11(12(10)14)20(18,19)16-3-1-2-8(6-16)7-17/h4-5,8,17H,1-3,6-7,15H2. The molecule has 1 fully saturated rings. The summed E-state index contributed by atoms with van der Waals surface area (Å²) in [6.07, 6.45) is 1.27. The molecule has 1 aromatic carbocycles. The predicted octanol–water partition coefficient (Wildman–Crippen LogP) is 0.940. The largest absolute Gasteiger partial charge is 0.399 e. The van der Waals surface area contributed by atoms with Crippen molar-refractivity contribution in [2.45, 2.75) is 17.7 Å². The second-order valence-electron chi connectivity index (χ2n) is 4.87. The summed E-state index contributed by atoms with van der Waals surface area (Å²) in [5, 5.41) is 9.11. The summed E-state index contributed by atoms with van der Waals surface area (Å²) < 4.78 is 52.8. The Kier molecular flexibility index (Phi) is 4.26. The highest BCUT2D eigenvalue weighted by molar-refractivity contribution is 7.89. The number of sulfonamides is 1. The van der Waals surface area contributed by atoms with Gasteiger partial charge in [0.25, 0.3) is 0 Å². The zero-order chi connectivity index (χ0) is 14.9. The fraction of sp³-hybridized carbons (Fsp3) is 0.500. The molecule has 0 aliphatic carbocycles. The first-order valence-electron chi connectivity index (χ1n) is 6.21. The molecular weight excluding hydrogens is 290 g/mol. The van der Waals surface area contributed by atoms with Gasteiger partial charge < -0.3 is 10.8 Å². The summed E-state index contributed by atoms with van der Waals surface area (Å²) in [6.45, 7) is 0.170. The zero-order valence-corrected chi connectivity index (χ0v) is 11.5. The fourth-order valence-electron chi connectivity index (χ4n) is 2.30. The SMILES string of the molecule is Nc1cc(F)c(F)c(S(=O)(=O)N2CCCC(CO)C2)c1. The molecule has 1 aliphatic heterocycles. The van der Waals surface area contributed by atoms with Gasteiger partial charge in [-0.15, -0.1) is 0 Å². The summed E-state index contributed by atoms with van der Waals surface area (Å²) in [4.78, 5) is -0.756. The maximum absolute atomic E-state index is 13.7. The van der Waals surface area contributed by atoms with Crippen molar-refractivity contribution in [2.75, 3.05) is 25.4 Å². The molecule has 1 atom stereocenters. The number of hydrogen-bond acceptors (Lipinski definition) is 4. The number of aliphatic hydroxyl groups is 1. The molecule has 1 heterocycles. The van der Waals surface area contributed by atoms with Crippen LogP contribution in [0.15, 0.2) is 17.0 Å². The summed E-state index contributed by atoms with van der Waals surface area (Å²) >= 11 is 0. The minimum atomic E-state index is -4.15. The van der Waals surface area contributed by atoms with Gasteiger partial charge in [-0.25, -0.2) is 17.2 Å². The molecule has 1 aliphatic rings. The minimum Gasteiger partial charge on any atom is -0.399 e. The first kappa shape index (κ1) is 15.1. The van der Waals surface area contributed by atoms with Crippen LogP contribution in [-0.2, 0) is 10.0 Å². The number of benzene rings is 1. The van der Waals surface area contributed by atoms with Gasteiger partial charge in [-0.05, 0) is 30.9 Å². The van der Waals surface area contributed by atoms with Gasteiger partial charge in [0.15, 0.2) is 11.6 Å². The van der Waals surface area contributed by atoms with Crippen molar-refractivity contribution >= 4 is 15.7 Å². The number of piperidine rings is 1. The number of halogens is 2. The highest BCUT2D eigenvalue weighted by Gasteiger charge is 2.33. The molecule has 1 aromatic rings. The molecule has 1 saturated heterocycles. The molecule has 0 spiro atoms. The zero-order valence-electron chi connectivity index (χ0n) is 10.7. The van der Waals surface area contributed by atoms with E-state index in [9.17, 15) is 17.2 Å². The van der Waals surface area contributed by atoms with Crippen molar-refractivity contribution < 1.29 is 22.3 Å². The Morgan fingerprint density at radius 2 is 2.10 bits per heavy atom. The minimum absolute atomic E-state index is 0.0920. The second-order valence-corrected chi connectivity index (χ2v) is 6.78. The maximum atomic E-state index is 13.7. The Morgan fingerprint density at radius 3 is 2.75 bits per heavy atom. The smallest absolute Gasteiger partial charge is 0.246 e. The summed E-state index contributed by atoms with van der Waals surface area (Å²) in [5.74, 6) is -2.91. The molecule has 0 amide bonds. The van der Waals surface area contributed by atoms with Gasteiger partial charge in [0.05, 0.1) is 0 Å². The molecule has 3 N–H and O–H groups in total. The summed E-state index contributed by atoms with van der Waals surface area (Å²) in [6, 6.07) is 1.65. The number of hydrogen-bond donors (Lipinski definition) is 2.